The number of nitrogens with zero attached hydrogens (tertiary/aromatic N) is 2. The van der Waals surface area contributed by atoms with Crippen molar-refractivity contribution in [2.75, 3.05) is 0 Å². The average molecular weight is 596 g/mol. The van der Waals surface area contributed by atoms with Gasteiger partial charge in [-0.2, -0.15) is 9.98 Å². The molecular weight excluding hydrogens is 568 g/mol. The first-order chi connectivity index (χ1) is 17.7. The van der Waals surface area contributed by atoms with Crippen molar-refractivity contribution in [3.8, 4) is 0 Å². The summed E-state index contributed by atoms with van der Waals surface area (Å²) < 4.78 is 1.05. The highest BCUT2D eigenvalue weighted by Crippen LogP contribution is 2.30. The molecule has 0 fully saturated rings. The number of thioether (sulfide) groups is 2. The molecule has 0 amide bonds. The van der Waals surface area contributed by atoms with Crippen LogP contribution in [0.4, 0.5) is 0 Å². The number of benzene rings is 4. The molecule has 0 heterocycles. The predicted molar refractivity (Wildman–Crippen MR) is 165 cm³/mol. The number of halogens is 1. The maximum absolute atomic E-state index is 7.60. The molecule has 0 aliphatic carbocycles. The molecule has 0 unspecified atom stereocenters. The zero-order valence-corrected chi connectivity index (χ0v) is 23.0. The number of fused-ring (bicyclic) bond motifs is 2. The summed E-state index contributed by atoms with van der Waals surface area (Å²) in [5.41, 5.74) is 23.1. The maximum Gasteiger partial charge on any atom is 0.193 e. The highest BCUT2D eigenvalue weighted by molar-refractivity contribution is 9.10. The van der Waals surface area contributed by atoms with E-state index in [1.165, 1.54) is 39.7 Å². The lowest BCUT2D eigenvalue weighted by atomic mass is 10.1. The summed E-state index contributed by atoms with van der Waals surface area (Å²) in [5, 5.41) is 20.1. The molecule has 4 rings (SSSR count). The fourth-order valence-electron chi connectivity index (χ4n) is 3.32. The molecular formula is C26H27BrN8S2. The number of guanidine groups is 2. The summed E-state index contributed by atoms with van der Waals surface area (Å²) in [6.45, 7) is 0. The molecule has 0 aromatic heterocycles. The van der Waals surface area contributed by atoms with Crippen LogP contribution in [-0.4, -0.2) is 22.3 Å². The van der Waals surface area contributed by atoms with Crippen molar-refractivity contribution >= 4 is 83.3 Å². The second-order valence-electron chi connectivity index (χ2n) is 7.70. The molecule has 0 aliphatic heterocycles. The van der Waals surface area contributed by atoms with Crippen molar-refractivity contribution in [1.82, 2.24) is 0 Å². The lowest BCUT2D eigenvalue weighted by molar-refractivity contribution is 1.40. The third-order valence-corrected chi connectivity index (χ3v) is 7.56. The van der Waals surface area contributed by atoms with Gasteiger partial charge in [-0.05, 0) is 48.6 Å². The monoisotopic (exact) mass is 594 g/mol. The molecule has 0 bridgehead atoms. The van der Waals surface area contributed by atoms with E-state index in [0.717, 1.165) is 21.0 Å². The van der Waals surface area contributed by atoms with Gasteiger partial charge >= 0.3 is 0 Å². The Morgan fingerprint density at radius 3 is 1.86 bits per heavy atom. The van der Waals surface area contributed by atoms with Crippen LogP contribution >= 0.6 is 39.5 Å². The minimum Gasteiger partial charge on any atom is -0.370 e. The van der Waals surface area contributed by atoms with Gasteiger partial charge in [-0.1, -0.05) is 102 Å². The normalized spacial score (nSPS) is 10.3. The maximum atomic E-state index is 7.60. The highest BCUT2D eigenvalue weighted by atomic mass is 79.9. The summed E-state index contributed by atoms with van der Waals surface area (Å²) in [6.07, 6.45) is 0. The van der Waals surface area contributed by atoms with Crippen LogP contribution < -0.4 is 22.9 Å². The fourth-order valence-corrected chi connectivity index (χ4v) is 5.49. The average Bonchev–Trinajstić information content (AvgIpc) is 2.87. The molecule has 4 aromatic rings. The van der Waals surface area contributed by atoms with Gasteiger partial charge in [0.1, 0.15) is 0 Å². The third-order valence-electron chi connectivity index (χ3n) is 4.96. The Labute approximate surface area is 232 Å². The number of nitrogens with one attached hydrogen (secondary N) is 2. The molecule has 37 heavy (non-hydrogen) atoms. The van der Waals surface area contributed by atoms with Gasteiger partial charge in [-0.25, -0.2) is 0 Å². The van der Waals surface area contributed by atoms with E-state index < -0.39 is 0 Å². The zero-order chi connectivity index (χ0) is 26.8. The first kappa shape index (κ1) is 28.0. The van der Waals surface area contributed by atoms with Gasteiger partial charge in [-0.3, -0.25) is 10.8 Å². The van der Waals surface area contributed by atoms with Crippen LogP contribution in [0.5, 0.6) is 0 Å². The molecule has 0 saturated carbocycles. The van der Waals surface area contributed by atoms with E-state index >= 15 is 0 Å². The smallest absolute Gasteiger partial charge is 0.193 e. The molecule has 0 spiro atoms. The quantitative estimate of drug-likeness (QED) is 0.137. The summed E-state index contributed by atoms with van der Waals surface area (Å²) in [4.78, 5) is 7.36. The summed E-state index contributed by atoms with van der Waals surface area (Å²) in [6, 6.07) is 26.7. The van der Waals surface area contributed by atoms with E-state index in [1.54, 1.807) is 0 Å². The van der Waals surface area contributed by atoms with Crippen molar-refractivity contribution in [2.24, 2.45) is 32.9 Å². The van der Waals surface area contributed by atoms with Crippen LogP contribution in [0.3, 0.4) is 0 Å². The summed E-state index contributed by atoms with van der Waals surface area (Å²) in [5.74, 6) is 1.16. The molecule has 11 heteroatoms. The van der Waals surface area contributed by atoms with E-state index in [9.17, 15) is 0 Å². The Morgan fingerprint density at radius 2 is 1.22 bits per heavy atom. The molecule has 8 nitrogen and oxygen atoms in total. The first-order valence-corrected chi connectivity index (χ1v) is 13.7. The SMILES string of the molecule is N=C(N=C(N)N)SCc1ccc2ccccc2c1.N=C(N=C(N)N)SCc1ccc2ccccc2c1Br. The lowest BCUT2D eigenvalue weighted by Crippen LogP contribution is -2.23. The molecule has 4 aromatic carbocycles. The van der Waals surface area contributed by atoms with Crippen LogP contribution in [0.15, 0.2) is 93.3 Å². The standard InChI is InChI=1S/C13H13BrN4S.C13H14N4S/c14-11-9(7-19-13(17)18-12(15)16)6-5-8-3-1-2-4-10(8)11;14-12(15)17-13(16)18-8-9-5-6-10-3-1-2-4-11(10)7-9/h1-6H,7H2,(H5,15,16,17,18);1-7H,8H2,(H5,14,15,16,17). The Bertz CT molecular complexity index is 1480. The first-order valence-electron chi connectivity index (χ1n) is 11.0. The Balaban J connectivity index is 0.000000206. The Hall–Kier alpha value is -3.54. The van der Waals surface area contributed by atoms with E-state index in [2.05, 4.69) is 74.4 Å². The fraction of sp³-hybridized carbons (Fsp3) is 0.0769. The molecule has 190 valence electrons. The highest BCUT2D eigenvalue weighted by Gasteiger charge is 2.06. The Morgan fingerprint density at radius 1 is 0.676 bits per heavy atom. The third kappa shape index (κ3) is 8.81. The van der Waals surface area contributed by atoms with Gasteiger partial charge < -0.3 is 22.9 Å². The minimum atomic E-state index is -0.0879. The van der Waals surface area contributed by atoms with Gasteiger partial charge in [-0.15, -0.1) is 0 Å². The van der Waals surface area contributed by atoms with Crippen LogP contribution in [0.1, 0.15) is 11.1 Å². The van der Waals surface area contributed by atoms with Crippen molar-refractivity contribution in [2.45, 2.75) is 11.5 Å². The van der Waals surface area contributed by atoms with E-state index in [0.29, 0.717) is 11.5 Å². The van der Waals surface area contributed by atoms with E-state index in [-0.39, 0.29) is 22.3 Å². The topological polar surface area (TPSA) is 176 Å². The van der Waals surface area contributed by atoms with Crippen molar-refractivity contribution in [3.63, 3.8) is 0 Å². The van der Waals surface area contributed by atoms with Crippen LogP contribution in [0, 0.1) is 10.8 Å². The van der Waals surface area contributed by atoms with Gasteiger partial charge in [0.15, 0.2) is 22.3 Å². The van der Waals surface area contributed by atoms with E-state index in [1.807, 2.05) is 30.3 Å². The number of aliphatic imine (C=N–C) groups is 2. The number of amidine groups is 2. The molecule has 0 atom stereocenters. The number of hydrogen-bond acceptors (Lipinski definition) is 4. The molecule has 0 radical (unpaired) electrons. The number of nitrogens with two attached hydrogens (primary N) is 4. The number of rotatable bonds is 4. The lowest BCUT2D eigenvalue weighted by Gasteiger charge is -2.07. The van der Waals surface area contributed by atoms with Crippen LogP contribution in [-0.2, 0) is 11.5 Å². The largest absolute Gasteiger partial charge is 0.370 e. The predicted octanol–water partition coefficient (Wildman–Crippen LogP) is 5.32. The van der Waals surface area contributed by atoms with Crippen molar-refractivity contribution in [3.05, 3.63) is 94.5 Å². The second-order valence-corrected chi connectivity index (χ2v) is 10.4. The van der Waals surface area contributed by atoms with Gasteiger partial charge in [0.2, 0.25) is 0 Å². The van der Waals surface area contributed by atoms with Crippen molar-refractivity contribution in [1.29, 1.82) is 10.8 Å². The molecule has 0 saturated heterocycles. The Kier molecular flexibility index (Phi) is 10.4. The van der Waals surface area contributed by atoms with Gasteiger partial charge in [0.05, 0.1) is 0 Å². The summed E-state index contributed by atoms with van der Waals surface area (Å²) in [7, 11) is 0. The van der Waals surface area contributed by atoms with Crippen LogP contribution in [0.25, 0.3) is 21.5 Å². The summed E-state index contributed by atoms with van der Waals surface area (Å²) >= 11 is 6.20. The molecule has 10 N–H and O–H groups in total. The zero-order valence-electron chi connectivity index (χ0n) is 19.8. The van der Waals surface area contributed by atoms with Gasteiger partial charge in [0.25, 0.3) is 0 Å². The second kappa shape index (κ2) is 13.7. The van der Waals surface area contributed by atoms with E-state index in [4.69, 9.17) is 33.8 Å². The number of hydrogen-bond donors (Lipinski definition) is 6. The van der Waals surface area contributed by atoms with Crippen molar-refractivity contribution < 1.29 is 0 Å². The molecule has 0 aliphatic rings. The van der Waals surface area contributed by atoms with Gasteiger partial charge in [0, 0.05) is 16.0 Å². The van der Waals surface area contributed by atoms with Crippen LogP contribution in [0.2, 0.25) is 0 Å². The minimum absolute atomic E-state index is 0.0778.